The van der Waals surface area contributed by atoms with E-state index in [0.29, 0.717) is 11.7 Å². The molecule has 1 aliphatic rings. The van der Waals surface area contributed by atoms with Crippen molar-refractivity contribution in [2.75, 3.05) is 12.3 Å². The average Bonchev–Trinajstić information content (AvgIpc) is 2.47. The summed E-state index contributed by atoms with van der Waals surface area (Å²) in [5, 5.41) is 3.95. The Labute approximate surface area is 124 Å². The molecule has 0 radical (unpaired) electrons. The minimum atomic E-state index is -0.422. The van der Waals surface area contributed by atoms with Crippen LogP contribution in [-0.4, -0.2) is 23.6 Å². The van der Waals surface area contributed by atoms with Gasteiger partial charge >= 0.3 is 0 Å². The molecule has 0 saturated carbocycles. The van der Waals surface area contributed by atoms with Gasteiger partial charge in [-0.25, -0.2) is 8.78 Å². The van der Waals surface area contributed by atoms with Gasteiger partial charge in [0, 0.05) is 16.9 Å². The molecule has 1 saturated heterocycles. The fourth-order valence-corrected chi connectivity index (χ4v) is 4.13. The number of hydrogen-bond acceptors (Lipinski definition) is 2. The van der Waals surface area contributed by atoms with E-state index in [-0.39, 0.29) is 11.6 Å². The topological polar surface area (TPSA) is 12.0 Å². The molecule has 1 fully saturated rings. The molecule has 1 aromatic rings. The minimum absolute atomic E-state index is 0.159. The smallest absolute Gasteiger partial charge is 0.129 e. The van der Waals surface area contributed by atoms with Gasteiger partial charge in [-0.1, -0.05) is 19.4 Å². The SMILES string of the molecule is CCCNC(Cc1c(F)cccc1F)C1CCCCS1. The fourth-order valence-electron chi connectivity index (χ4n) is 2.70. The predicted molar refractivity (Wildman–Crippen MR) is 82.2 cm³/mol. The Morgan fingerprint density at radius 2 is 2.05 bits per heavy atom. The maximum absolute atomic E-state index is 13.8. The third-order valence-electron chi connectivity index (χ3n) is 3.81. The van der Waals surface area contributed by atoms with E-state index in [1.54, 1.807) is 0 Å². The van der Waals surface area contributed by atoms with Gasteiger partial charge in [-0.3, -0.25) is 0 Å². The summed E-state index contributed by atoms with van der Waals surface area (Å²) in [6.45, 7) is 3.01. The highest BCUT2D eigenvalue weighted by molar-refractivity contribution is 8.00. The van der Waals surface area contributed by atoms with Crippen LogP contribution >= 0.6 is 11.8 Å². The Hall–Kier alpha value is -0.610. The standard InChI is InChI=1S/C16H23F2NS/c1-2-9-19-15(16-8-3-4-10-20-16)11-12-13(17)6-5-7-14(12)18/h5-7,15-16,19H,2-4,8-11H2,1H3. The van der Waals surface area contributed by atoms with Crippen LogP contribution in [0, 0.1) is 11.6 Å². The molecule has 0 aromatic heterocycles. The summed E-state index contributed by atoms with van der Waals surface area (Å²) in [4.78, 5) is 0. The van der Waals surface area contributed by atoms with Crippen molar-refractivity contribution in [2.24, 2.45) is 0 Å². The first-order chi connectivity index (χ1) is 9.72. The van der Waals surface area contributed by atoms with Crippen molar-refractivity contribution in [3.63, 3.8) is 0 Å². The van der Waals surface area contributed by atoms with Gasteiger partial charge in [0.15, 0.2) is 0 Å². The van der Waals surface area contributed by atoms with Crippen LogP contribution in [0.2, 0.25) is 0 Å². The van der Waals surface area contributed by atoms with Crippen molar-refractivity contribution in [1.29, 1.82) is 0 Å². The van der Waals surface area contributed by atoms with Crippen molar-refractivity contribution >= 4 is 11.8 Å². The first-order valence-corrected chi connectivity index (χ1v) is 8.55. The molecule has 0 bridgehead atoms. The zero-order valence-electron chi connectivity index (χ0n) is 12.0. The first kappa shape index (κ1) is 15.8. The predicted octanol–water partition coefficient (Wildman–Crippen LogP) is 4.16. The molecule has 2 rings (SSSR count). The number of hydrogen-bond donors (Lipinski definition) is 1. The van der Waals surface area contributed by atoms with Crippen molar-refractivity contribution in [1.82, 2.24) is 5.32 Å². The lowest BCUT2D eigenvalue weighted by Gasteiger charge is -2.31. The van der Waals surface area contributed by atoms with Crippen LogP contribution in [0.15, 0.2) is 18.2 Å². The number of nitrogens with one attached hydrogen (secondary N) is 1. The van der Waals surface area contributed by atoms with Crippen molar-refractivity contribution in [3.8, 4) is 0 Å². The molecular weight excluding hydrogens is 276 g/mol. The quantitative estimate of drug-likeness (QED) is 0.846. The van der Waals surface area contributed by atoms with Gasteiger partial charge in [0.05, 0.1) is 0 Å². The molecule has 2 atom stereocenters. The summed E-state index contributed by atoms with van der Waals surface area (Å²) in [5.41, 5.74) is 0.229. The maximum Gasteiger partial charge on any atom is 0.129 e. The van der Waals surface area contributed by atoms with E-state index < -0.39 is 11.6 Å². The van der Waals surface area contributed by atoms with E-state index in [4.69, 9.17) is 0 Å². The number of thioether (sulfide) groups is 1. The van der Waals surface area contributed by atoms with Gasteiger partial charge < -0.3 is 5.32 Å². The van der Waals surface area contributed by atoms with Gasteiger partial charge in [-0.2, -0.15) is 11.8 Å². The van der Waals surface area contributed by atoms with E-state index in [0.717, 1.165) is 25.1 Å². The molecule has 1 N–H and O–H groups in total. The highest BCUT2D eigenvalue weighted by atomic mass is 32.2. The molecule has 1 aliphatic heterocycles. The number of benzene rings is 1. The van der Waals surface area contributed by atoms with Crippen LogP contribution in [0.3, 0.4) is 0 Å². The summed E-state index contributed by atoms with van der Waals surface area (Å²) in [6, 6.07) is 4.29. The Morgan fingerprint density at radius 1 is 1.30 bits per heavy atom. The van der Waals surface area contributed by atoms with Crippen molar-refractivity contribution in [2.45, 2.75) is 50.3 Å². The molecule has 20 heavy (non-hydrogen) atoms. The highest BCUT2D eigenvalue weighted by Gasteiger charge is 2.25. The van der Waals surface area contributed by atoms with E-state index in [1.165, 1.54) is 31.0 Å². The summed E-state index contributed by atoms with van der Waals surface area (Å²) < 4.78 is 27.7. The zero-order valence-corrected chi connectivity index (χ0v) is 12.8. The second kappa shape index (κ2) is 7.99. The summed E-state index contributed by atoms with van der Waals surface area (Å²) in [5.74, 6) is 0.317. The first-order valence-electron chi connectivity index (χ1n) is 7.50. The number of halogens is 2. The molecular formula is C16H23F2NS. The van der Waals surface area contributed by atoms with Crippen molar-refractivity contribution in [3.05, 3.63) is 35.4 Å². The maximum atomic E-state index is 13.8. The lowest BCUT2D eigenvalue weighted by molar-refractivity contribution is 0.443. The van der Waals surface area contributed by atoms with Crippen LogP contribution in [0.4, 0.5) is 8.78 Å². The zero-order chi connectivity index (χ0) is 14.4. The van der Waals surface area contributed by atoms with E-state index in [9.17, 15) is 8.78 Å². The largest absolute Gasteiger partial charge is 0.313 e. The third-order valence-corrected chi connectivity index (χ3v) is 5.32. The third kappa shape index (κ3) is 4.19. The minimum Gasteiger partial charge on any atom is -0.313 e. The lowest BCUT2D eigenvalue weighted by Crippen LogP contribution is -2.41. The summed E-state index contributed by atoms with van der Waals surface area (Å²) in [7, 11) is 0. The van der Waals surface area contributed by atoms with Crippen LogP contribution in [0.1, 0.15) is 38.2 Å². The molecule has 1 nitrogen and oxygen atoms in total. The normalized spacial score (nSPS) is 20.9. The highest BCUT2D eigenvalue weighted by Crippen LogP contribution is 2.29. The second-order valence-corrected chi connectivity index (χ2v) is 6.72. The Bertz CT molecular complexity index is 399. The van der Waals surface area contributed by atoms with Gasteiger partial charge in [-0.15, -0.1) is 0 Å². The van der Waals surface area contributed by atoms with Crippen molar-refractivity contribution < 1.29 is 8.78 Å². The molecule has 4 heteroatoms. The summed E-state index contributed by atoms with van der Waals surface area (Å²) in [6.07, 6.45) is 5.10. The second-order valence-electron chi connectivity index (χ2n) is 5.37. The number of rotatable bonds is 6. The Kier molecular flexibility index (Phi) is 6.30. The monoisotopic (exact) mass is 299 g/mol. The van der Waals surface area contributed by atoms with Crippen LogP contribution in [0.5, 0.6) is 0 Å². The molecule has 0 aliphatic carbocycles. The Morgan fingerprint density at radius 3 is 2.65 bits per heavy atom. The molecule has 1 aromatic carbocycles. The van der Waals surface area contributed by atoms with Crippen LogP contribution in [-0.2, 0) is 6.42 Å². The van der Waals surface area contributed by atoms with E-state index in [2.05, 4.69) is 12.2 Å². The lowest BCUT2D eigenvalue weighted by atomic mass is 9.98. The van der Waals surface area contributed by atoms with Gasteiger partial charge in [0.25, 0.3) is 0 Å². The molecule has 1 heterocycles. The molecule has 0 spiro atoms. The van der Waals surface area contributed by atoms with Gasteiger partial charge in [-0.05, 0) is 50.1 Å². The van der Waals surface area contributed by atoms with Crippen LogP contribution < -0.4 is 5.32 Å². The molecule has 112 valence electrons. The fraction of sp³-hybridized carbons (Fsp3) is 0.625. The average molecular weight is 299 g/mol. The van der Waals surface area contributed by atoms with E-state index in [1.807, 2.05) is 11.8 Å². The molecule has 0 amide bonds. The molecule has 2 unspecified atom stereocenters. The van der Waals surface area contributed by atoms with Crippen LogP contribution in [0.25, 0.3) is 0 Å². The van der Waals surface area contributed by atoms with Gasteiger partial charge in [0.1, 0.15) is 11.6 Å². The Balaban J connectivity index is 2.09. The van der Waals surface area contributed by atoms with E-state index >= 15 is 0 Å². The summed E-state index contributed by atoms with van der Waals surface area (Å²) >= 11 is 1.95. The van der Waals surface area contributed by atoms with Gasteiger partial charge in [0.2, 0.25) is 0 Å².